The second kappa shape index (κ2) is 6.05. The summed E-state index contributed by atoms with van der Waals surface area (Å²) in [5.74, 6) is -0.829. The predicted octanol–water partition coefficient (Wildman–Crippen LogP) is 3.57. The molecule has 1 aliphatic heterocycles. The number of rotatable bonds is 3. The van der Waals surface area contributed by atoms with Crippen LogP contribution in [0.4, 0.5) is 0 Å². The lowest BCUT2D eigenvalue weighted by atomic mass is 9.92. The molecule has 2 aliphatic rings. The minimum atomic E-state index is -0.788. The monoisotopic (exact) mass is 360 g/mol. The SMILES string of the molecule is O=C(O)[C@H]1CN(C(=O)c2cc3ccccc3c3cccnc23)C[C@@H]1C1CC1. The number of carbonyl (C=O) groups is 2. The summed E-state index contributed by atoms with van der Waals surface area (Å²) in [5, 5.41) is 12.6. The Hall–Kier alpha value is -2.95. The Morgan fingerprint density at radius 1 is 1.04 bits per heavy atom. The highest BCUT2D eigenvalue weighted by Gasteiger charge is 2.47. The van der Waals surface area contributed by atoms with Gasteiger partial charge in [-0.05, 0) is 47.6 Å². The molecule has 1 aliphatic carbocycles. The van der Waals surface area contributed by atoms with Gasteiger partial charge < -0.3 is 10.0 Å². The Labute approximate surface area is 156 Å². The lowest BCUT2D eigenvalue weighted by Crippen LogP contribution is -2.30. The lowest BCUT2D eigenvalue weighted by Gasteiger charge is -2.18. The number of carboxylic acids is 1. The highest BCUT2D eigenvalue weighted by Crippen LogP contribution is 2.44. The van der Waals surface area contributed by atoms with Gasteiger partial charge >= 0.3 is 5.97 Å². The predicted molar refractivity (Wildman–Crippen MR) is 102 cm³/mol. The second-order valence-electron chi connectivity index (χ2n) is 7.70. The van der Waals surface area contributed by atoms with E-state index in [0.717, 1.165) is 29.0 Å². The summed E-state index contributed by atoms with van der Waals surface area (Å²) >= 11 is 0. The van der Waals surface area contributed by atoms with Crippen LogP contribution in [0.5, 0.6) is 0 Å². The molecule has 2 aromatic carbocycles. The molecule has 2 fully saturated rings. The number of aromatic nitrogens is 1. The number of aliphatic carboxylic acids is 1. The van der Waals surface area contributed by atoms with E-state index < -0.39 is 11.9 Å². The van der Waals surface area contributed by atoms with Crippen molar-refractivity contribution in [3.05, 3.63) is 54.2 Å². The van der Waals surface area contributed by atoms with E-state index >= 15 is 0 Å². The summed E-state index contributed by atoms with van der Waals surface area (Å²) in [6, 6.07) is 13.7. The molecule has 1 saturated heterocycles. The number of amides is 1. The first kappa shape index (κ1) is 16.2. The van der Waals surface area contributed by atoms with Gasteiger partial charge in [0.1, 0.15) is 0 Å². The van der Waals surface area contributed by atoms with E-state index in [-0.39, 0.29) is 18.4 Å². The molecule has 1 saturated carbocycles. The van der Waals surface area contributed by atoms with Crippen molar-refractivity contribution < 1.29 is 14.7 Å². The van der Waals surface area contributed by atoms with E-state index in [2.05, 4.69) is 4.98 Å². The largest absolute Gasteiger partial charge is 0.481 e. The molecule has 1 N–H and O–H groups in total. The van der Waals surface area contributed by atoms with Gasteiger partial charge in [-0.1, -0.05) is 30.3 Å². The number of hydrogen-bond donors (Lipinski definition) is 1. The van der Waals surface area contributed by atoms with Crippen LogP contribution in [0, 0.1) is 17.8 Å². The Bertz CT molecular complexity index is 1070. The van der Waals surface area contributed by atoms with Crippen LogP contribution >= 0.6 is 0 Å². The first-order valence-corrected chi connectivity index (χ1v) is 9.42. The first-order valence-electron chi connectivity index (χ1n) is 9.42. The molecule has 2 heterocycles. The molecule has 0 unspecified atom stereocenters. The van der Waals surface area contributed by atoms with Crippen LogP contribution in [0.3, 0.4) is 0 Å². The van der Waals surface area contributed by atoms with Gasteiger partial charge in [0.05, 0.1) is 17.0 Å². The van der Waals surface area contributed by atoms with Crippen molar-refractivity contribution in [1.29, 1.82) is 0 Å². The molecule has 5 rings (SSSR count). The van der Waals surface area contributed by atoms with Gasteiger partial charge in [0.15, 0.2) is 0 Å². The maximum atomic E-state index is 13.4. The minimum absolute atomic E-state index is 0.0751. The number of nitrogens with zero attached hydrogens (tertiary/aromatic N) is 2. The summed E-state index contributed by atoms with van der Waals surface area (Å²) in [4.78, 5) is 31.2. The lowest BCUT2D eigenvalue weighted by molar-refractivity contribution is -0.142. The fraction of sp³-hybridized carbons (Fsp3) is 0.318. The summed E-state index contributed by atoms with van der Waals surface area (Å²) in [5.41, 5.74) is 1.24. The third-order valence-electron chi connectivity index (χ3n) is 6.04. The molecule has 0 radical (unpaired) electrons. The highest BCUT2D eigenvalue weighted by atomic mass is 16.4. The number of benzene rings is 2. The van der Waals surface area contributed by atoms with Crippen LogP contribution in [0.25, 0.3) is 21.7 Å². The normalized spacial score (nSPS) is 22.4. The number of carbonyl (C=O) groups excluding carboxylic acids is 1. The summed E-state index contributed by atoms with van der Waals surface area (Å²) < 4.78 is 0. The second-order valence-corrected chi connectivity index (χ2v) is 7.70. The zero-order valence-electron chi connectivity index (χ0n) is 14.8. The number of likely N-dealkylation sites (tertiary alicyclic amines) is 1. The molecular formula is C22H20N2O3. The Morgan fingerprint density at radius 2 is 1.81 bits per heavy atom. The molecule has 0 spiro atoms. The molecule has 1 amide bonds. The molecule has 0 bridgehead atoms. The van der Waals surface area contributed by atoms with Crippen LogP contribution in [0.2, 0.25) is 0 Å². The first-order chi connectivity index (χ1) is 13.1. The Morgan fingerprint density at radius 3 is 2.59 bits per heavy atom. The Balaban J connectivity index is 1.58. The maximum Gasteiger partial charge on any atom is 0.308 e. The molecule has 5 nitrogen and oxygen atoms in total. The number of fused-ring (bicyclic) bond motifs is 3. The zero-order valence-corrected chi connectivity index (χ0v) is 14.8. The fourth-order valence-corrected chi connectivity index (χ4v) is 4.52. The number of carboxylic acid groups (broad SMARTS) is 1. The van der Waals surface area contributed by atoms with Crippen molar-refractivity contribution in [3.8, 4) is 0 Å². The van der Waals surface area contributed by atoms with E-state index in [1.54, 1.807) is 11.1 Å². The van der Waals surface area contributed by atoms with Gasteiger partial charge in [-0.25, -0.2) is 0 Å². The maximum absolute atomic E-state index is 13.4. The smallest absolute Gasteiger partial charge is 0.308 e. The molecule has 3 aromatic rings. The van der Waals surface area contributed by atoms with Gasteiger partial charge in [-0.15, -0.1) is 0 Å². The standard InChI is InChI=1S/C22H20N2O3/c25-21(24-11-18(13-7-8-13)19(12-24)22(26)27)17-10-14-4-1-2-5-15(14)16-6-3-9-23-20(16)17/h1-6,9-10,13,18-19H,7-8,11-12H2,(H,26,27)/t18-,19+/m1/s1. The van der Waals surface area contributed by atoms with Crippen molar-refractivity contribution in [2.45, 2.75) is 12.8 Å². The van der Waals surface area contributed by atoms with E-state index in [0.29, 0.717) is 23.5 Å². The molecule has 136 valence electrons. The van der Waals surface area contributed by atoms with Gasteiger partial charge in [0, 0.05) is 24.7 Å². The topological polar surface area (TPSA) is 70.5 Å². The number of pyridine rings is 1. The average Bonchev–Trinajstić information content (AvgIpc) is 3.44. The van der Waals surface area contributed by atoms with Crippen molar-refractivity contribution in [1.82, 2.24) is 9.88 Å². The van der Waals surface area contributed by atoms with Crippen LogP contribution in [-0.4, -0.2) is 40.0 Å². The van der Waals surface area contributed by atoms with Crippen molar-refractivity contribution in [3.63, 3.8) is 0 Å². The van der Waals surface area contributed by atoms with Gasteiger partial charge in [0.25, 0.3) is 5.91 Å². The fourth-order valence-electron chi connectivity index (χ4n) is 4.52. The third kappa shape index (κ3) is 2.65. The van der Waals surface area contributed by atoms with Gasteiger partial charge in [-0.2, -0.15) is 0 Å². The molecule has 1 aromatic heterocycles. The number of hydrogen-bond acceptors (Lipinski definition) is 3. The molecular weight excluding hydrogens is 340 g/mol. The quantitative estimate of drug-likeness (QED) is 0.725. The van der Waals surface area contributed by atoms with Gasteiger partial charge in [0.2, 0.25) is 0 Å². The Kier molecular flexibility index (Phi) is 3.64. The summed E-state index contributed by atoms with van der Waals surface area (Å²) in [6.45, 7) is 0.818. The molecule has 5 heteroatoms. The van der Waals surface area contributed by atoms with Crippen molar-refractivity contribution >= 4 is 33.6 Å². The highest BCUT2D eigenvalue weighted by molar-refractivity contribution is 6.15. The summed E-state index contributed by atoms with van der Waals surface area (Å²) in [7, 11) is 0. The van der Waals surface area contributed by atoms with Crippen LogP contribution in [0.15, 0.2) is 48.7 Å². The van der Waals surface area contributed by atoms with E-state index in [1.807, 2.05) is 42.5 Å². The van der Waals surface area contributed by atoms with Crippen molar-refractivity contribution in [2.24, 2.45) is 17.8 Å². The molecule has 2 atom stereocenters. The zero-order chi connectivity index (χ0) is 18.5. The third-order valence-corrected chi connectivity index (χ3v) is 6.04. The van der Waals surface area contributed by atoms with Gasteiger partial charge in [-0.3, -0.25) is 14.6 Å². The minimum Gasteiger partial charge on any atom is -0.481 e. The average molecular weight is 360 g/mol. The van der Waals surface area contributed by atoms with Crippen LogP contribution < -0.4 is 0 Å². The van der Waals surface area contributed by atoms with Crippen LogP contribution in [-0.2, 0) is 4.79 Å². The van der Waals surface area contributed by atoms with E-state index in [1.165, 1.54) is 0 Å². The summed E-state index contributed by atoms with van der Waals surface area (Å²) in [6.07, 6.45) is 3.86. The van der Waals surface area contributed by atoms with Crippen LogP contribution in [0.1, 0.15) is 23.2 Å². The molecule has 27 heavy (non-hydrogen) atoms. The van der Waals surface area contributed by atoms with E-state index in [9.17, 15) is 14.7 Å². The van der Waals surface area contributed by atoms with E-state index in [4.69, 9.17) is 0 Å². The van der Waals surface area contributed by atoms with Crippen molar-refractivity contribution in [2.75, 3.05) is 13.1 Å².